The van der Waals surface area contributed by atoms with E-state index < -0.39 is 0 Å². The molecule has 0 aromatic carbocycles. The molecule has 1 N–H and O–H groups in total. The van der Waals surface area contributed by atoms with Crippen molar-refractivity contribution in [1.82, 2.24) is 9.88 Å². The van der Waals surface area contributed by atoms with Gasteiger partial charge in [-0.3, -0.25) is 9.59 Å². The highest BCUT2D eigenvalue weighted by Gasteiger charge is 2.14. The average Bonchev–Trinajstić information content (AvgIpc) is 2.33. The monoisotopic (exact) mass is 236 g/mol. The Morgan fingerprint density at radius 3 is 2.59 bits per heavy atom. The lowest BCUT2D eigenvalue weighted by atomic mass is 10.1. The highest BCUT2D eigenvalue weighted by atomic mass is 16.2. The van der Waals surface area contributed by atoms with Gasteiger partial charge in [0.1, 0.15) is 5.56 Å². The smallest absolute Gasteiger partial charge is 0.263 e. The van der Waals surface area contributed by atoms with Gasteiger partial charge in [-0.1, -0.05) is 13.3 Å². The molecule has 0 spiro atoms. The van der Waals surface area contributed by atoms with E-state index in [1.807, 2.05) is 13.8 Å². The van der Waals surface area contributed by atoms with Gasteiger partial charge in [-0.15, -0.1) is 0 Å². The van der Waals surface area contributed by atoms with Crippen molar-refractivity contribution < 1.29 is 4.79 Å². The summed E-state index contributed by atoms with van der Waals surface area (Å²) in [6.07, 6.45) is 1.96. The van der Waals surface area contributed by atoms with Gasteiger partial charge in [-0.2, -0.15) is 0 Å². The standard InChI is InChI=1S/C13H20N2O2/c1-5-6-7-15-10(3)9(2)8-11(13(15)17)12(16)14-4/h8H,5-7H2,1-4H3,(H,14,16). The highest BCUT2D eigenvalue weighted by Crippen LogP contribution is 2.07. The highest BCUT2D eigenvalue weighted by molar-refractivity contribution is 5.93. The Morgan fingerprint density at radius 2 is 2.06 bits per heavy atom. The Morgan fingerprint density at radius 1 is 1.41 bits per heavy atom. The van der Waals surface area contributed by atoms with Crippen LogP contribution in [0.5, 0.6) is 0 Å². The molecule has 4 nitrogen and oxygen atoms in total. The number of nitrogens with one attached hydrogen (secondary N) is 1. The van der Waals surface area contributed by atoms with Crippen LogP contribution in [0.15, 0.2) is 10.9 Å². The van der Waals surface area contributed by atoms with Crippen molar-refractivity contribution in [2.24, 2.45) is 0 Å². The zero-order valence-electron chi connectivity index (χ0n) is 11.0. The maximum Gasteiger partial charge on any atom is 0.263 e. The number of unbranched alkanes of at least 4 members (excludes halogenated alkanes) is 1. The number of carbonyl (C=O) groups is 1. The summed E-state index contributed by atoms with van der Waals surface area (Å²) in [7, 11) is 1.54. The molecular weight excluding hydrogens is 216 g/mol. The average molecular weight is 236 g/mol. The molecule has 4 heteroatoms. The van der Waals surface area contributed by atoms with Crippen molar-refractivity contribution in [2.45, 2.75) is 40.2 Å². The van der Waals surface area contributed by atoms with Crippen molar-refractivity contribution in [3.8, 4) is 0 Å². The zero-order valence-corrected chi connectivity index (χ0v) is 11.0. The number of amides is 1. The van der Waals surface area contributed by atoms with Crippen molar-refractivity contribution in [3.05, 3.63) is 33.2 Å². The molecule has 0 saturated carbocycles. The first-order valence-electron chi connectivity index (χ1n) is 5.96. The van der Waals surface area contributed by atoms with Gasteiger partial charge in [-0.05, 0) is 31.9 Å². The molecule has 0 bridgehead atoms. The first kappa shape index (κ1) is 13.5. The molecule has 0 aliphatic carbocycles. The number of aryl methyl sites for hydroxylation is 1. The summed E-state index contributed by atoms with van der Waals surface area (Å²) in [5.41, 5.74) is 1.95. The molecule has 1 amide bonds. The summed E-state index contributed by atoms with van der Waals surface area (Å²) >= 11 is 0. The molecule has 0 unspecified atom stereocenters. The molecule has 0 aliphatic heterocycles. The number of hydrogen-bond donors (Lipinski definition) is 1. The minimum atomic E-state index is -0.316. The third kappa shape index (κ3) is 2.75. The lowest BCUT2D eigenvalue weighted by Crippen LogP contribution is -2.33. The topological polar surface area (TPSA) is 51.1 Å². The molecule has 1 aromatic heterocycles. The van der Waals surface area contributed by atoms with E-state index in [9.17, 15) is 9.59 Å². The number of carbonyl (C=O) groups excluding carboxylic acids is 1. The van der Waals surface area contributed by atoms with Gasteiger partial charge in [0.15, 0.2) is 0 Å². The van der Waals surface area contributed by atoms with Gasteiger partial charge in [0.25, 0.3) is 11.5 Å². The Labute approximate surface area is 102 Å². The van der Waals surface area contributed by atoms with Crippen molar-refractivity contribution in [2.75, 3.05) is 7.05 Å². The molecule has 0 atom stereocenters. The molecule has 94 valence electrons. The molecule has 0 aliphatic rings. The lowest BCUT2D eigenvalue weighted by Gasteiger charge is -2.13. The second-order valence-electron chi connectivity index (χ2n) is 4.22. The van der Waals surface area contributed by atoms with Crippen LogP contribution in [0.1, 0.15) is 41.4 Å². The van der Waals surface area contributed by atoms with E-state index in [0.717, 1.165) is 24.1 Å². The predicted octanol–water partition coefficient (Wildman–Crippen LogP) is 1.62. The third-order valence-corrected chi connectivity index (χ3v) is 3.02. The van der Waals surface area contributed by atoms with E-state index in [4.69, 9.17) is 0 Å². The lowest BCUT2D eigenvalue weighted by molar-refractivity contribution is 0.0961. The van der Waals surface area contributed by atoms with Crippen LogP contribution in [0.3, 0.4) is 0 Å². The fourth-order valence-electron chi connectivity index (χ4n) is 1.78. The maximum atomic E-state index is 12.2. The number of rotatable bonds is 4. The van der Waals surface area contributed by atoms with E-state index in [0.29, 0.717) is 6.54 Å². The van der Waals surface area contributed by atoms with E-state index in [-0.39, 0.29) is 17.0 Å². The first-order valence-corrected chi connectivity index (χ1v) is 5.96. The maximum absolute atomic E-state index is 12.2. The van der Waals surface area contributed by atoms with Crippen molar-refractivity contribution in [1.29, 1.82) is 0 Å². The molecule has 0 fully saturated rings. The quantitative estimate of drug-likeness (QED) is 0.863. The van der Waals surface area contributed by atoms with Gasteiger partial charge < -0.3 is 9.88 Å². The fourth-order valence-corrected chi connectivity index (χ4v) is 1.78. The fraction of sp³-hybridized carbons (Fsp3) is 0.538. The summed E-state index contributed by atoms with van der Waals surface area (Å²) in [5, 5.41) is 2.50. The molecule has 1 aromatic rings. The molecule has 1 rings (SSSR count). The van der Waals surface area contributed by atoms with Crippen molar-refractivity contribution >= 4 is 5.91 Å². The van der Waals surface area contributed by atoms with E-state index in [1.54, 1.807) is 10.6 Å². The Hall–Kier alpha value is -1.58. The molecule has 0 saturated heterocycles. The number of aromatic nitrogens is 1. The number of pyridine rings is 1. The summed E-state index contributed by atoms with van der Waals surface area (Å²) < 4.78 is 1.70. The summed E-state index contributed by atoms with van der Waals surface area (Å²) in [5.74, 6) is -0.316. The van der Waals surface area contributed by atoms with Crippen LogP contribution in [0, 0.1) is 13.8 Å². The first-order chi connectivity index (χ1) is 8.02. The van der Waals surface area contributed by atoms with Gasteiger partial charge in [0.05, 0.1) is 0 Å². The van der Waals surface area contributed by atoms with Crippen LogP contribution in [-0.4, -0.2) is 17.5 Å². The molecule has 17 heavy (non-hydrogen) atoms. The summed E-state index contributed by atoms with van der Waals surface area (Å²) in [6.45, 7) is 6.59. The normalized spacial score (nSPS) is 10.4. The van der Waals surface area contributed by atoms with E-state index in [2.05, 4.69) is 12.2 Å². The number of nitrogens with zero attached hydrogens (tertiary/aromatic N) is 1. The third-order valence-electron chi connectivity index (χ3n) is 3.02. The van der Waals surface area contributed by atoms with Crippen LogP contribution < -0.4 is 10.9 Å². The predicted molar refractivity (Wildman–Crippen MR) is 68.5 cm³/mol. The second kappa shape index (κ2) is 5.66. The van der Waals surface area contributed by atoms with Crippen LogP contribution in [0.4, 0.5) is 0 Å². The molecular formula is C13H20N2O2. The van der Waals surface area contributed by atoms with Gasteiger partial charge in [-0.25, -0.2) is 0 Å². The van der Waals surface area contributed by atoms with Crippen LogP contribution in [0.25, 0.3) is 0 Å². The Bertz CT molecular complexity index is 475. The van der Waals surface area contributed by atoms with Crippen LogP contribution >= 0.6 is 0 Å². The van der Waals surface area contributed by atoms with Gasteiger partial charge in [0, 0.05) is 19.3 Å². The van der Waals surface area contributed by atoms with Crippen molar-refractivity contribution in [3.63, 3.8) is 0 Å². The van der Waals surface area contributed by atoms with Gasteiger partial charge >= 0.3 is 0 Å². The SMILES string of the molecule is CCCCn1c(C)c(C)cc(C(=O)NC)c1=O. The van der Waals surface area contributed by atoms with E-state index >= 15 is 0 Å². The summed E-state index contributed by atoms with van der Waals surface area (Å²) in [6, 6.07) is 1.67. The Balaban J connectivity index is 3.32. The second-order valence-corrected chi connectivity index (χ2v) is 4.22. The van der Waals surface area contributed by atoms with Gasteiger partial charge in [0.2, 0.25) is 0 Å². The van der Waals surface area contributed by atoms with E-state index in [1.165, 1.54) is 7.05 Å². The zero-order chi connectivity index (χ0) is 13.0. The summed E-state index contributed by atoms with van der Waals surface area (Å²) in [4.78, 5) is 23.7. The van der Waals surface area contributed by atoms with Crippen LogP contribution in [0.2, 0.25) is 0 Å². The minimum absolute atomic E-state index is 0.194. The number of hydrogen-bond acceptors (Lipinski definition) is 2. The Kier molecular flexibility index (Phi) is 4.49. The largest absolute Gasteiger partial charge is 0.355 e. The molecule has 0 radical (unpaired) electrons. The molecule has 1 heterocycles. The van der Waals surface area contributed by atoms with Crippen LogP contribution in [-0.2, 0) is 6.54 Å². The minimum Gasteiger partial charge on any atom is -0.355 e.